The van der Waals surface area contributed by atoms with Gasteiger partial charge in [0.25, 0.3) is 0 Å². The molecule has 3 nitrogen and oxygen atoms in total. The maximum absolute atomic E-state index is 5.16. The summed E-state index contributed by atoms with van der Waals surface area (Å²) in [5, 5.41) is 3.22. The Morgan fingerprint density at radius 1 is 1.58 bits per heavy atom. The van der Waals surface area contributed by atoms with E-state index in [0.29, 0.717) is 0 Å². The van der Waals surface area contributed by atoms with E-state index in [4.69, 9.17) is 4.74 Å². The van der Waals surface area contributed by atoms with Gasteiger partial charge in [-0.1, -0.05) is 6.92 Å². The van der Waals surface area contributed by atoms with E-state index >= 15 is 0 Å². The Kier molecular flexibility index (Phi) is 3.54. The van der Waals surface area contributed by atoms with Crippen molar-refractivity contribution in [2.24, 2.45) is 0 Å². The number of methoxy groups -OCH3 is 1. The molecule has 0 unspecified atom stereocenters. The van der Waals surface area contributed by atoms with Gasteiger partial charge in [-0.2, -0.15) is 0 Å². The molecule has 0 saturated heterocycles. The highest BCUT2D eigenvalue weighted by molar-refractivity contribution is 5.29. The highest BCUT2D eigenvalue weighted by Crippen LogP contribution is 2.14. The summed E-state index contributed by atoms with van der Waals surface area (Å²) in [6.45, 7) is 3.84. The molecular weight excluding hydrogens is 152 g/mol. The summed E-state index contributed by atoms with van der Waals surface area (Å²) in [6.07, 6.45) is 3.55. The molecule has 12 heavy (non-hydrogen) atoms. The second-order valence-corrected chi connectivity index (χ2v) is 2.47. The summed E-state index contributed by atoms with van der Waals surface area (Å²) in [6, 6.07) is 1.87. The minimum Gasteiger partial charge on any atom is -0.496 e. The lowest BCUT2D eigenvalue weighted by Gasteiger charge is -2.06. The van der Waals surface area contributed by atoms with Crippen molar-refractivity contribution in [2.45, 2.75) is 13.5 Å². The Bertz CT molecular complexity index is 238. The summed E-state index contributed by atoms with van der Waals surface area (Å²) >= 11 is 0. The van der Waals surface area contributed by atoms with Gasteiger partial charge in [0, 0.05) is 24.5 Å². The molecule has 1 heterocycles. The monoisotopic (exact) mass is 166 g/mol. The summed E-state index contributed by atoms with van der Waals surface area (Å²) in [7, 11) is 1.67. The van der Waals surface area contributed by atoms with Crippen LogP contribution in [0.25, 0.3) is 0 Å². The van der Waals surface area contributed by atoms with Crippen LogP contribution in [0, 0.1) is 0 Å². The van der Waals surface area contributed by atoms with Crippen molar-refractivity contribution in [3.05, 3.63) is 24.0 Å². The van der Waals surface area contributed by atoms with Crippen molar-refractivity contribution in [1.29, 1.82) is 0 Å². The largest absolute Gasteiger partial charge is 0.496 e. The normalized spacial score (nSPS) is 9.83. The summed E-state index contributed by atoms with van der Waals surface area (Å²) < 4.78 is 5.16. The van der Waals surface area contributed by atoms with E-state index in [1.807, 2.05) is 12.3 Å². The van der Waals surface area contributed by atoms with Gasteiger partial charge in [-0.3, -0.25) is 4.98 Å². The van der Waals surface area contributed by atoms with Gasteiger partial charge in [0.2, 0.25) is 0 Å². The molecule has 1 aromatic heterocycles. The average molecular weight is 166 g/mol. The maximum atomic E-state index is 5.16. The molecule has 1 aromatic rings. The van der Waals surface area contributed by atoms with Gasteiger partial charge in [0.05, 0.1) is 7.11 Å². The third-order valence-electron chi connectivity index (χ3n) is 1.64. The SMILES string of the molecule is CCNCc1cnccc1OC. The standard InChI is InChI=1S/C9H14N2O/c1-3-10-6-8-7-11-5-4-9(8)12-2/h4-5,7,10H,3,6H2,1-2H3. The molecule has 0 atom stereocenters. The minimum atomic E-state index is 0.813. The van der Waals surface area contributed by atoms with Crippen LogP contribution in [-0.4, -0.2) is 18.6 Å². The minimum absolute atomic E-state index is 0.813. The Morgan fingerprint density at radius 2 is 2.42 bits per heavy atom. The Hall–Kier alpha value is -1.09. The molecule has 0 fully saturated rings. The summed E-state index contributed by atoms with van der Waals surface area (Å²) in [5.41, 5.74) is 1.10. The number of nitrogens with zero attached hydrogens (tertiary/aromatic N) is 1. The fourth-order valence-electron chi connectivity index (χ4n) is 1.01. The van der Waals surface area contributed by atoms with Crippen LogP contribution in [0.5, 0.6) is 5.75 Å². The predicted octanol–water partition coefficient (Wildman–Crippen LogP) is 1.20. The summed E-state index contributed by atoms with van der Waals surface area (Å²) in [5.74, 6) is 0.894. The molecule has 66 valence electrons. The maximum Gasteiger partial charge on any atom is 0.126 e. The highest BCUT2D eigenvalue weighted by Gasteiger charge is 1.99. The fraction of sp³-hybridized carbons (Fsp3) is 0.444. The van der Waals surface area contributed by atoms with Gasteiger partial charge in [0.15, 0.2) is 0 Å². The van der Waals surface area contributed by atoms with Crippen LogP contribution in [0.15, 0.2) is 18.5 Å². The van der Waals surface area contributed by atoms with E-state index in [9.17, 15) is 0 Å². The van der Waals surface area contributed by atoms with Crippen molar-refractivity contribution < 1.29 is 4.74 Å². The van der Waals surface area contributed by atoms with Crippen molar-refractivity contribution >= 4 is 0 Å². The Morgan fingerprint density at radius 3 is 3.08 bits per heavy atom. The molecule has 3 heteroatoms. The third kappa shape index (κ3) is 2.20. The van der Waals surface area contributed by atoms with Gasteiger partial charge >= 0.3 is 0 Å². The lowest BCUT2D eigenvalue weighted by atomic mass is 10.2. The van der Waals surface area contributed by atoms with E-state index in [-0.39, 0.29) is 0 Å². The molecule has 0 amide bonds. The first-order chi connectivity index (χ1) is 5.88. The number of hydrogen-bond acceptors (Lipinski definition) is 3. The molecule has 0 spiro atoms. The van der Waals surface area contributed by atoms with Crippen LogP contribution in [0.4, 0.5) is 0 Å². The van der Waals surface area contributed by atoms with Crippen molar-refractivity contribution in [1.82, 2.24) is 10.3 Å². The molecule has 0 bridgehead atoms. The van der Waals surface area contributed by atoms with Crippen LogP contribution in [-0.2, 0) is 6.54 Å². The zero-order valence-electron chi connectivity index (χ0n) is 7.50. The first kappa shape index (κ1) is 9.00. The zero-order valence-corrected chi connectivity index (χ0v) is 7.50. The average Bonchev–Trinajstić information content (AvgIpc) is 2.15. The number of nitrogens with one attached hydrogen (secondary N) is 1. The van der Waals surface area contributed by atoms with Gasteiger partial charge < -0.3 is 10.1 Å². The number of ether oxygens (including phenoxy) is 1. The van der Waals surface area contributed by atoms with Crippen LogP contribution in [0.2, 0.25) is 0 Å². The van der Waals surface area contributed by atoms with Gasteiger partial charge in [0.1, 0.15) is 5.75 Å². The molecule has 0 aliphatic carbocycles. The first-order valence-electron chi connectivity index (χ1n) is 4.06. The van der Waals surface area contributed by atoms with Gasteiger partial charge in [-0.05, 0) is 12.6 Å². The first-order valence-corrected chi connectivity index (χ1v) is 4.06. The Balaban J connectivity index is 2.68. The third-order valence-corrected chi connectivity index (χ3v) is 1.64. The van der Waals surface area contributed by atoms with E-state index in [0.717, 1.165) is 24.4 Å². The molecule has 0 radical (unpaired) electrons. The molecule has 0 aliphatic heterocycles. The topological polar surface area (TPSA) is 34.2 Å². The van der Waals surface area contributed by atoms with Crippen molar-refractivity contribution in [2.75, 3.05) is 13.7 Å². The van der Waals surface area contributed by atoms with E-state index in [1.54, 1.807) is 13.3 Å². The van der Waals surface area contributed by atoms with E-state index in [2.05, 4.69) is 17.2 Å². The zero-order chi connectivity index (χ0) is 8.81. The fourth-order valence-corrected chi connectivity index (χ4v) is 1.01. The van der Waals surface area contributed by atoms with Gasteiger partial charge in [-0.15, -0.1) is 0 Å². The molecule has 0 saturated carbocycles. The van der Waals surface area contributed by atoms with Gasteiger partial charge in [-0.25, -0.2) is 0 Å². The second-order valence-electron chi connectivity index (χ2n) is 2.47. The van der Waals surface area contributed by atoms with E-state index in [1.165, 1.54) is 0 Å². The van der Waals surface area contributed by atoms with Crippen LogP contribution in [0.3, 0.4) is 0 Å². The van der Waals surface area contributed by atoms with Crippen molar-refractivity contribution in [3.8, 4) is 5.75 Å². The van der Waals surface area contributed by atoms with E-state index < -0.39 is 0 Å². The summed E-state index contributed by atoms with van der Waals surface area (Å²) in [4.78, 5) is 4.03. The van der Waals surface area contributed by atoms with Crippen molar-refractivity contribution in [3.63, 3.8) is 0 Å². The smallest absolute Gasteiger partial charge is 0.126 e. The molecule has 1 N–H and O–H groups in total. The highest BCUT2D eigenvalue weighted by atomic mass is 16.5. The Labute approximate surface area is 72.8 Å². The van der Waals surface area contributed by atoms with Crippen LogP contribution < -0.4 is 10.1 Å². The quantitative estimate of drug-likeness (QED) is 0.729. The predicted molar refractivity (Wildman–Crippen MR) is 48.2 cm³/mol. The van der Waals surface area contributed by atoms with Crippen LogP contribution >= 0.6 is 0 Å². The molecular formula is C9H14N2O. The van der Waals surface area contributed by atoms with Crippen LogP contribution in [0.1, 0.15) is 12.5 Å². The lowest BCUT2D eigenvalue weighted by Crippen LogP contribution is -2.12. The number of rotatable bonds is 4. The molecule has 0 aromatic carbocycles. The second kappa shape index (κ2) is 4.72. The molecule has 0 aliphatic rings. The molecule has 1 rings (SSSR count). The number of hydrogen-bond donors (Lipinski definition) is 1. The number of pyridine rings is 1. The lowest BCUT2D eigenvalue weighted by molar-refractivity contribution is 0.407. The number of aromatic nitrogens is 1.